The van der Waals surface area contributed by atoms with Crippen LogP contribution in [0.3, 0.4) is 0 Å². The van der Waals surface area contributed by atoms with Gasteiger partial charge in [0.2, 0.25) is 5.96 Å². The van der Waals surface area contributed by atoms with Gasteiger partial charge in [-0.05, 0) is 18.6 Å². The average Bonchev–Trinajstić information content (AvgIpc) is 2.26. The zero-order chi connectivity index (χ0) is 12.0. The predicted molar refractivity (Wildman–Crippen MR) is 67.4 cm³/mol. The molecule has 5 nitrogen and oxygen atoms in total. The number of aliphatic imine (C=N–C) groups is 1. The minimum atomic E-state index is -0.191. The van der Waals surface area contributed by atoms with Gasteiger partial charge in [0.05, 0.1) is 13.7 Å². The lowest BCUT2D eigenvalue weighted by atomic mass is 10.0. The molecule has 0 spiro atoms. The number of guanidine groups is 1. The highest BCUT2D eigenvalue weighted by molar-refractivity contribution is 9.18. The summed E-state index contributed by atoms with van der Waals surface area (Å²) in [5.74, 6) is 1.17. The zero-order valence-electron chi connectivity index (χ0n) is 9.11. The Hall–Kier alpha value is -1.14. The van der Waals surface area contributed by atoms with E-state index in [0.29, 0.717) is 10.7 Å². The van der Waals surface area contributed by atoms with Gasteiger partial charge < -0.3 is 10.5 Å². The molecule has 1 aliphatic rings. The van der Waals surface area contributed by atoms with Crippen LogP contribution in [0.2, 0.25) is 0 Å². The Bertz CT molecular complexity index is 349. The Labute approximate surface area is 103 Å². The van der Waals surface area contributed by atoms with Gasteiger partial charge in [0.1, 0.15) is 5.76 Å². The minimum absolute atomic E-state index is 0.191. The molecule has 0 bridgehead atoms. The van der Waals surface area contributed by atoms with E-state index in [9.17, 15) is 0 Å². The lowest BCUT2D eigenvalue weighted by Crippen LogP contribution is -2.87. The van der Waals surface area contributed by atoms with Crippen LogP contribution in [-0.2, 0) is 4.74 Å². The van der Waals surface area contributed by atoms with Crippen molar-refractivity contribution in [2.75, 3.05) is 13.7 Å². The quantitative estimate of drug-likeness (QED) is 0.396. The third kappa shape index (κ3) is 4.59. The van der Waals surface area contributed by atoms with Gasteiger partial charge in [-0.3, -0.25) is 10.7 Å². The maximum atomic E-state index is 7.00. The molecule has 1 atom stereocenters. The van der Waals surface area contributed by atoms with Gasteiger partial charge in [-0.15, -0.1) is 0 Å². The maximum absolute atomic E-state index is 7.00. The standard InChI is InChI=1S/C10H15BrN4O/c1-16-8-4-2-7(3-5-8)6-14-9(11)15-10(12)13/h2,4-5,7H,3,6H2,1H3,(H4,12,13,14,15)/p+1. The van der Waals surface area contributed by atoms with E-state index in [1.165, 1.54) is 0 Å². The summed E-state index contributed by atoms with van der Waals surface area (Å²) in [7, 11) is 1.67. The van der Waals surface area contributed by atoms with E-state index < -0.39 is 0 Å². The molecule has 6 heteroatoms. The molecule has 0 heterocycles. The van der Waals surface area contributed by atoms with Crippen molar-refractivity contribution in [1.82, 2.24) is 0 Å². The largest absolute Gasteiger partial charge is 0.497 e. The summed E-state index contributed by atoms with van der Waals surface area (Å²) >= 11 is 3.24. The van der Waals surface area contributed by atoms with Gasteiger partial charge in [-0.1, -0.05) is 6.08 Å². The molecular weight excluding hydrogens is 272 g/mol. The van der Waals surface area contributed by atoms with Crippen LogP contribution in [0, 0.1) is 11.3 Å². The average molecular weight is 288 g/mol. The highest BCUT2D eigenvalue weighted by Crippen LogP contribution is 2.14. The number of nitrogens with zero attached hydrogens (tertiary/aromatic N) is 1. The number of hydrogen-bond acceptors (Lipinski definition) is 2. The number of quaternary nitrogens is 1. The van der Waals surface area contributed by atoms with Crippen LogP contribution in [-0.4, -0.2) is 24.4 Å². The smallest absolute Gasteiger partial charge is 0.271 e. The third-order valence-corrected chi connectivity index (χ3v) is 2.71. The van der Waals surface area contributed by atoms with E-state index in [4.69, 9.17) is 15.9 Å². The molecule has 0 saturated heterocycles. The number of nitrogens with two attached hydrogens (primary N) is 2. The van der Waals surface area contributed by atoms with Crippen molar-refractivity contribution in [3.05, 3.63) is 24.0 Å². The van der Waals surface area contributed by atoms with E-state index in [1.807, 2.05) is 11.4 Å². The number of halogens is 1. The second kappa shape index (κ2) is 6.44. The SMILES string of the molecule is COC1=CCC(C[NH2+]/C(Br)=N\C(=N)N)C=C1. The first-order chi connectivity index (χ1) is 7.61. The van der Waals surface area contributed by atoms with Crippen LogP contribution in [0.15, 0.2) is 29.0 Å². The van der Waals surface area contributed by atoms with E-state index in [0.717, 1.165) is 18.7 Å². The lowest BCUT2D eigenvalue weighted by Gasteiger charge is -2.13. The summed E-state index contributed by atoms with van der Waals surface area (Å²) < 4.78 is 5.71. The lowest BCUT2D eigenvalue weighted by molar-refractivity contribution is -0.539. The van der Waals surface area contributed by atoms with Crippen molar-refractivity contribution in [1.29, 1.82) is 5.41 Å². The number of allylic oxidation sites excluding steroid dienone is 2. The van der Waals surface area contributed by atoms with Gasteiger partial charge in [0, 0.05) is 21.8 Å². The second-order valence-electron chi connectivity index (χ2n) is 3.43. The first-order valence-corrected chi connectivity index (χ1v) is 5.75. The minimum Gasteiger partial charge on any atom is -0.497 e. The summed E-state index contributed by atoms with van der Waals surface area (Å²) in [6.07, 6.45) is 7.10. The fraction of sp³-hybridized carbons (Fsp3) is 0.400. The summed E-state index contributed by atoms with van der Waals surface area (Å²) in [5, 5.41) is 8.92. The number of ether oxygens (including phenoxy) is 1. The molecule has 1 unspecified atom stereocenters. The Morgan fingerprint density at radius 3 is 3.06 bits per heavy atom. The van der Waals surface area contributed by atoms with Crippen molar-refractivity contribution >= 4 is 26.6 Å². The van der Waals surface area contributed by atoms with Crippen LogP contribution in [0.1, 0.15) is 6.42 Å². The highest BCUT2D eigenvalue weighted by Gasteiger charge is 2.12. The summed E-state index contributed by atoms with van der Waals surface area (Å²) in [5.41, 5.74) is 5.14. The maximum Gasteiger partial charge on any atom is 0.271 e. The molecule has 0 aromatic rings. The molecule has 1 aliphatic carbocycles. The van der Waals surface area contributed by atoms with Gasteiger partial charge in [0.15, 0.2) is 0 Å². The predicted octanol–water partition coefficient (Wildman–Crippen LogP) is 0.301. The number of methoxy groups -OCH3 is 1. The number of amidine groups is 1. The van der Waals surface area contributed by atoms with Crippen LogP contribution in [0.4, 0.5) is 0 Å². The summed E-state index contributed by atoms with van der Waals surface area (Å²) in [6.45, 7) is 0.862. The van der Waals surface area contributed by atoms with E-state index in [1.54, 1.807) is 7.11 Å². The van der Waals surface area contributed by atoms with Crippen molar-refractivity contribution in [2.45, 2.75) is 6.42 Å². The molecule has 1 rings (SSSR count). The van der Waals surface area contributed by atoms with Gasteiger partial charge in [-0.25, -0.2) is 0 Å². The monoisotopic (exact) mass is 287 g/mol. The molecule has 0 fully saturated rings. The molecule has 0 aliphatic heterocycles. The molecule has 5 N–H and O–H groups in total. The zero-order valence-corrected chi connectivity index (χ0v) is 10.7. The van der Waals surface area contributed by atoms with Gasteiger partial charge in [0.25, 0.3) is 4.74 Å². The van der Waals surface area contributed by atoms with Crippen LogP contribution in [0.5, 0.6) is 0 Å². The topological polar surface area (TPSA) is 88.1 Å². The highest BCUT2D eigenvalue weighted by atomic mass is 79.9. The van der Waals surface area contributed by atoms with Crippen molar-refractivity contribution in [2.24, 2.45) is 16.6 Å². The van der Waals surface area contributed by atoms with Crippen molar-refractivity contribution < 1.29 is 10.1 Å². The van der Waals surface area contributed by atoms with Crippen molar-refractivity contribution in [3.63, 3.8) is 0 Å². The third-order valence-electron chi connectivity index (χ3n) is 2.21. The van der Waals surface area contributed by atoms with Crippen molar-refractivity contribution in [3.8, 4) is 0 Å². The second-order valence-corrected chi connectivity index (χ2v) is 4.24. The first kappa shape index (κ1) is 12.9. The van der Waals surface area contributed by atoms with E-state index in [2.05, 4.69) is 33.1 Å². The Kier molecular flexibility index (Phi) is 5.21. The Morgan fingerprint density at radius 2 is 2.56 bits per heavy atom. The molecule has 0 saturated carbocycles. The summed E-state index contributed by atoms with van der Waals surface area (Å²) in [4.78, 5) is 3.77. The number of rotatable bonds is 3. The molecule has 16 heavy (non-hydrogen) atoms. The fourth-order valence-electron chi connectivity index (χ4n) is 1.38. The molecule has 0 aromatic carbocycles. The van der Waals surface area contributed by atoms with Crippen LogP contribution < -0.4 is 11.1 Å². The van der Waals surface area contributed by atoms with Gasteiger partial charge >= 0.3 is 0 Å². The Balaban J connectivity index is 2.34. The summed E-state index contributed by atoms with van der Waals surface area (Å²) in [6, 6.07) is 0. The van der Waals surface area contributed by atoms with Crippen LogP contribution in [0.25, 0.3) is 0 Å². The van der Waals surface area contributed by atoms with E-state index >= 15 is 0 Å². The molecule has 0 amide bonds. The molecule has 0 aromatic heterocycles. The number of nitrogens with one attached hydrogen (secondary N) is 1. The van der Waals surface area contributed by atoms with Gasteiger partial charge in [-0.2, -0.15) is 4.99 Å². The number of hydrogen-bond donors (Lipinski definition) is 3. The van der Waals surface area contributed by atoms with Crippen LogP contribution >= 0.6 is 15.9 Å². The normalized spacial score (nSPS) is 20.5. The Morgan fingerprint density at radius 1 is 1.81 bits per heavy atom. The molecule has 88 valence electrons. The molecular formula is C10H16BrN4O+. The molecule has 0 radical (unpaired) electrons. The van der Waals surface area contributed by atoms with E-state index in [-0.39, 0.29) is 5.96 Å². The fourth-order valence-corrected chi connectivity index (χ4v) is 1.76. The first-order valence-electron chi connectivity index (χ1n) is 4.95.